The van der Waals surface area contributed by atoms with E-state index >= 15 is 0 Å². The summed E-state index contributed by atoms with van der Waals surface area (Å²) < 4.78 is 0. The Morgan fingerprint density at radius 1 is 1.42 bits per heavy atom. The Bertz CT molecular complexity index is 606. The van der Waals surface area contributed by atoms with Gasteiger partial charge in [-0.05, 0) is 31.5 Å². The first-order valence-electron chi connectivity index (χ1n) is 8.74. The Labute approximate surface area is 172 Å². The highest BCUT2D eigenvalue weighted by Gasteiger charge is 2.22. The van der Waals surface area contributed by atoms with Crippen molar-refractivity contribution in [3.8, 4) is 0 Å². The van der Waals surface area contributed by atoms with Crippen molar-refractivity contribution in [3.63, 3.8) is 0 Å². The lowest BCUT2D eigenvalue weighted by atomic mass is 10.2. The fourth-order valence-electron chi connectivity index (χ4n) is 2.99. The third kappa shape index (κ3) is 6.91. The standard InChI is InChI=1S/C18H27N5O2.HI/c1-3-11-19-18(21-14-17-6-5-12-22(17)4-2)20-13-15-7-9-16(10-8-15)23(24)25;/h3,7-10,17H,1,4-6,11-14H2,2H3,(H2,19,20,21);1H. The van der Waals surface area contributed by atoms with E-state index in [1.54, 1.807) is 18.2 Å². The van der Waals surface area contributed by atoms with Crippen LogP contribution in [-0.4, -0.2) is 48.0 Å². The molecule has 0 radical (unpaired) electrons. The quantitative estimate of drug-likeness (QED) is 0.152. The molecule has 1 atom stereocenters. The highest BCUT2D eigenvalue weighted by atomic mass is 127. The van der Waals surface area contributed by atoms with Crippen molar-refractivity contribution in [1.29, 1.82) is 0 Å². The van der Waals surface area contributed by atoms with Gasteiger partial charge >= 0.3 is 0 Å². The molecule has 1 saturated heterocycles. The molecule has 1 heterocycles. The highest BCUT2D eigenvalue weighted by Crippen LogP contribution is 2.15. The normalized spacial score (nSPS) is 17.4. The number of hydrogen-bond acceptors (Lipinski definition) is 4. The summed E-state index contributed by atoms with van der Waals surface area (Å²) in [5.41, 5.74) is 1.03. The first-order valence-corrected chi connectivity index (χ1v) is 8.74. The van der Waals surface area contributed by atoms with Gasteiger partial charge in [0, 0.05) is 31.3 Å². The van der Waals surface area contributed by atoms with Crippen LogP contribution in [0.25, 0.3) is 0 Å². The minimum absolute atomic E-state index is 0. The number of likely N-dealkylation sites (tertiary alicyclic amines) is 1. The predicted octanol–water partition coefficient (Wildman–Crippen LogP) is 2.92. The Morgan fingerprint density at radius 3 is 2.77 bits per heavy atom. The van der Waals surface area contributed by atoms with E-state index in [1.165, 1.54) is 25.0 Å². The second-order valence-electron chi connectivity index (χ2n) is 6.06. The number of rotatable bonds is 8. The van der Waals surface area contributed by atoms with Crippen molar-refractivity contribution in [2.45, 2.75) is 32.4 Å². The zero-order valence-corrected chi connectivity index (χ0v) is 17.5. The Morgan fingerprint density at radius 2 is 2.15 bits per heavy atom. The fraction of sp³-hybridized carbons (Fsp3) is 0.500. The molecular weight excluding hydrogens is 445 g/mol. The van der Waals surface area contributed by atoms with Gasteiger partial charge in [-0.1, -0.05) is 25.1 Å². The number of halogens is 1. The summed E-state index contributed by atoms with van der Waals surface area (Å²) in [6.07, 6.45) is 4.24. The molecule has 8 heteroatoms. The molecule has 0 saturated carbocycles. The molecule has 7 nitrogen and oxygen atoms in total. The van der Waals surface area contributed by atoms with Crippen LogP contribution in [0.2, 0.25) is 0 Å². The highest BCUT2D eigenvalue weighted by molar-refractivity contribution is 14.0. The van der Waals surface area contributed by atoms with Crippen LogP contribution in [-0.2, 0) is 6.54 Å². The molecule has 1 unspecified atom stereocenters. The van der Waals surface area contributed by atoms with E-state index in [9.17, 15) is 10.1 Å². The number of nitro benzene ring substituents is 1. The summed E-state index contributed by atoms with van der Waals surface area (Å²) in [4.78, 5) is 17.4. The first kappa shape index (κ1) is 22.4. The van der Waals surface area contributed by atoms with Gasteiger partial charge in [0.1, 0.15) is 0 Å². The zero-order chi connectivity index (χ0) is 18.1. The monoisotopic (exact) mass is 473 g/mol. The van der Waals surface area contributed by atoms with Crippen molar-refractivity contribution in [3.05, 3.63) is 52.6 Å². The lowest BCUT2D eigenvalue weighted by Crippen LogP contribution is -2.44. The summed E-state index contributed by atoms with van der Waals surface area (Å²) >= 11 is 0. The van der Waals surface area contributed by atoms with E-state index in [2.05, 4.69) is 34.0 Å². The molecule has 1 aromatic carbocycles. The van der Waals surface area contributed by atoms with Crippen molar-refractivity contribution < 1.29 is 4.92 Å². The smallest absolute Gasteiger partial charge is 0.269 e. The number of nitrogens with one attached hydrogen (secondary N) is 2. The maximum absolute atomic E-state index is 10.7. The van der Waals surface area contributed by atoms with Crippen LogP contribution < -0.4 is 10.6 Å². The average Bonchev–Trinajstić information content (AvgIpc) is 3.09. The molecule has 1 aromatic rings. The molecule has 2 N–H and O–H groups in total. The number of non-ortho nitro benzene ring substituents is 1. The van der Waals surface area contributed by atoms with Crippen molar-refractivity contribution in [2.75, 3.05) is 26.2 Å². The van der Waals surface area contributed by atoms with E-state index in [4.69, 9.17) is 0 Å². The molecule has 0 aliphatic carbocycles. The van der Waals surface area contributed by atoms with Gasteiger partial charge in [0.15, 0.2) is 5.96 Å². The minimum atomic E-state index is -0.396. The Balaban J connectivity index is 0.00000338. The maximum atomic E-state index is 10.7. The number of guanidine groups is 1. The van der Waals surface area contributed by atoms with E-state index in [0.717, 1.165) is 31.2 Å². The topological polar surface area (TPSA) is 82.8 Å². The van der Waals surface area contributed by atoms with Gasteiger partial charge in [0.25, 0.3) is 5.69 Å². The lowest BCUT2D eigenvalue weighted by molar-refractivity contribution is -0.384. The predicted molar refractivity (Wildman–Crippen MR) is 116 cm³/mol. The number of nitrogens with zero attached hydrogens (tertiary/aromatic N) is 3. The van der Waals surface area contributed by atoms with Gasteiger partial charge in [-0.3, -0.25) is 15.0 Å². The molecule has 2 rings (SSSR count). The summed E-state index contributed by atoms with van der Waals surface area (Å²) in [6.45, 7) is 10.1. The first-order chi connectivity index (χ1) is 12.1. The number of hydrogen-bond donors (Lipinski definition) is 2. The van der Waals surface area contributed by atoms with Gasteiger partial charge in [0.05, 0.1) is 11.5 Å². The largest absolute Gasteiger partial charge is 0.355 e. The van der Waals surface area contributed by atoms with Gasteiger partial charge in [-0.2, -0.15) is 0 Å². The Hall–Kier alpha value is -1.68. The van der Waals surface area contributed by atoms with Gasteiger partial charge in [-0.25, -0.2) is 4.99 Å². The second kappa shape index (κ2) is 11.8. The van der Waals surface area contributed by atoms with E-state index in [0.29, 0.717) is 19.1 Å². The lowest BCUT2D eigenvalue weighted by Gasteiger charge is -2.24. The summed E-state index contributed by atoms with van der Waals surface area (Å²) in [7, 11) is 0. The molecule has 1 aliphatic heterocycles. The van der Waals surface area contributed by atoms with Crippen LogP contribution in [0.1, 0.15) is 25.3 Å². The summed E-state index contributed by atoms with van der Waals surface area (Å²) in [6, 6.07) is 7.03. The molecule has 0 amide bonds. The Kier molecular flexibility index (Phi) is 10.2. The van der Waals surface area contributed by atoms with Crippen LogP contribution in [0.15, 0.2) is 41.9 Å². The van der Waals surface area contributed by atoms with E-state index in [1.807, 2.05) is 0 Å². The van der Waals surface area contributed by atoms with Crippen LogP contribution in [0, 0.1) is 10.1 Å². The number of aliphatic imine (C=N–C) groups is 1. The minimum Gasteiger partial charge on any atom is -0.355 e. The molecule has 1 fully saturated rings. The average molecular weight is 473 g/mol. The fourth-order valence-corrected chi connectivity index (χ4v) is 2.99. The van der Waals surface area contributed by atoms with Gasteiger partial charge in [-0.15, -0.1) is 30.6 Å². The van der Waals surface area contributed by atoms with E-state index < -0.39 is 4.92 Å². The molecule has 144 valence electrons. The number of benzene rings is 1. The zero-order valence-electron chi connectivity index (χ0n) is 15.2. The van der Waals surface area contributed by atoms with Crippen molar-refractivity contribution in [1.82, 2.24) is 15.5 Å². The van der Waals surface area contributed by atoms with Crippen LogP contribution in [0.3, 0.4) is 0 Å². The maximum Gasteiger partial charge on any atom is 0.269 e. The van der Waals surface area contributed by atoms with Crippen LogP contribution in [0.5, 0.6) is 0 Å². The molecule has 1 aliphatic rings. The van der Waals surface area contributed by atoms with Crippen LogP contribution in [0.4, 0.5) is 5.69 Å². The van der Waals surface area contributed by atoms with Crippen LogP contribution >= 0.6 is 24.0 Å². The van der Waals surface area contributed by atoms with Crippen molar-refractivity contribution >= 4 is 35.6 Å². The van der Waals surface area contributed by atoms with Gasteiger partial charge in [0.2, 0.25) is 0 Å². The molecule has 0 aromatic heterocycles. The SMILES string of the molecule is C=CCNC(=NCc1ccc([N+](=O)[O-])cc1)NCC1CCCN1CC.I. The third-order valence-electron chi connectivity index (χ3n) is 4.39. The molecular formula is C18H28IN5O2. The molecule has 26 heavy (non-hydrogen) atoms. The third-order valence-corrected chi connectivity index (χ3v) is 4.39. The number of likely N-dealkylation sites (N-methyl/N-ethyl adjacent to an activating group) is 1. The second-order valence-corrected chi connectivity index (χ2v) is 6.06. The summed E-state index contributed by atoms with van der Waals surface area (Å²) in [5.74, 6) is 0.737. The van der Waals surface area contributed by atoms with Crippen molar-refractivity contribution in [2.24, 2.45) is 4.99 Å². The van der Waals surface area contributed by atoms with Gasteiger partial charge < -0.3 is 10.6 Å². The van der Waals surface area contributed by atoms with E-state index in [-0.39, 0.29) is 29.7 Å². The number of nitro groups is 1. The molecule has 0 bridgehead atoms. The molecule has 0 spiro atoms. The summed E-state index contributed by atoms with van der Waals surface area (Å²) in [5, 5.41) is 17.3.